The fourth-order valence-electron chi connectivity index (χ4n) is 5.18. The van der Waals surface area contributed by atoms with Crippen LogP contribution in [0.4, 0.5) is 0 Å². The number of amides is 1. The average Bonchev–Trinajstić information content (AvgIpc) is 3.29. The average molecular weight is 531 g/mol. The second kappa shape index (κ2) is 11.0. The SMILES string of the molecule is COc1ccc(/C=C/C(=O)N2N=C3/C(=C/c4ccc(Cl)cc4)C[C@H](C)C[C@@H]3[C@@H]2c2ccc(Cl)cc2)cc1. The molecule has 1 heterocycles. The minimum atomic E-state index is -0.198. The number of carbonyl (C=O) groups is 1. The molecule has 5 rings (SSSR count). The molecule has 0 radical (unpaired) electrons. The highest BCUT2D eigenvalue weighted by molar-refractivity contribution is 6.30. The number of nitrogens with zero attached hydrogens (tertiary/aromatic N) is 2. The zero-order valence-electron chi connectivity index (χ0n) is 20.8. The van der Waals surface area contributed by atoms with Crippen LogP contribution in [0.5, 0.6) is 5.75 Å². The third-order valence-electron chi connectivity index (χ3n) is 6.95. The molecule has 3 aromatic rings. The van der Waals surface area contributed by atoms with Crippen LogP contribution in [-0.4, -0.2) is 23.7 Å². The zero-order chi connectivity index (χ0) is 25.9. The van der Waals surface area contributed by atoms with Crippen molar-refractivity contribution in [2.45, 2.75) is 25.8 Å². The maximum Gasteiger partial charge on any atom is 0.267 e. The summed E-state index contributed by atoms with van der Waals surface area (Å²) in [4.78, 5) is 13.6. The Balaban J connectivity index is 1.51. The lowest BCUT2D eigenvalue weighted by Crippen LogP contribution is -2.32. The highest BCUT2D eigenvalue weighted by atomic mass is 35.5. The maximum absolute atomic E-state index is 13.6. The number of rotatable bonds is 5. The van der Waals surface area contributed by atoms with E-state index in [2.05, 4.69) is 13.0 Å². The molecule has 6 heteroatoms. The largest absolute Gasteiger partial charge is 0.497 e. The van der Waals surface area contributed by atoms with Crippen molar-refractivity contribution < 1.29 is 9.53 Å². The van der Waals surface area contributed by atoms with Crippen LogP contribution >= 0.6 is 23.2 Å². The first kappa shape index (κ1) is 25.3. The molecule has 2 aliphatic rings. The number of benzene rings is 3. The Morgan fingerprint density at radius 2 is 1.57 bits per heavy atom. The molecule has 0 bridgehead atoms. The molecule has 3 aromatic carbocycles. The van der Waals surface area contributed by atoms with E-state index in [1.54, 1.807) is 18.2 Å². The van der Waals surface area contributed by atoms with Gasteiger partial charge in [-0.15, -0.1) is 0 Å². The molecule has 3 atom stereocenters. The van der Waals surface area contributed by atoms with E-state index in [9.17, 15) is 4.79 Å². The quantitative estimate of drug-likeness (QED) is 0.312. The van der Waals surface area contributed by atoms with Gasteiger partial charge in [0.1, 0.15) is 5.75 Å². The summed E-state index contributed by atoms with van der Waals surface area (Å²) in [6.45, 7) is 2.26. The second-order valence-electron chi connectivity index (χ2n) is 9.64. The van der Waals surface area contributed by atoms with E-state index in [1.807, 2.05) is 78.9 Å². The van der Waals surface area contributed by atoms with E-state index >= 15 is 0 Å². The molecule has 1 fully saturated rings. The number of hydrogen-bond acceptors (Lipinski definition) is 3. The first-order valence-electron chi connectivity index (χ1n) is 12.4. The van der Waals surface area contributed by atoms with Crippen LogP contribution in [0, 0.1) is 11.8 Å². The Kier molecular flexibility index (Phi) is 7.50. The molecule has 1 aliphatic heterocycles. The summed E-state index contributed by atoms with van der Waals surface area (Å²) in [6.07, 6.45) is 7.46. The molecule has 4 nitrogen and oxygen atoms in total. The van der Waals surface area contributed by atoms with E-state index in [0.717, 1.165) is 41.0 Å². The van der Waals surface area contributed by atoms with Gasteiger partial charge in [0.2, 0.25) is 0 Å². The van der Waals surface area contributed by atoms with Crippen molar-refractivity contribution in [2.24, 2.45) is 16.9 Å². The van der Waals surface area contributed by atoms with Gasteiger partial charge in [0, 0.05) is 22.0 Å². The number of methoxy groups -OCH3 is 1. The lowest BCUT2D eigenvalue weighted by molar-refractivity contribution is -0.128. The molecule has 0 unspecified atom stereocenters. The normalized spacial score (nSPS) is 22.3. The Bertz CT molecular complexity index is 1360. The van der Waals surface area contributed by atoms with Gasteiger partial charge >= 0.3 is 0 Å². The van der Waals surface area contributed by atoms with Crippen molar-refractivity contribution in [1.29, 1.82) is 0 Å². The lowest BCUT2D eigenvalue weighted by atomic mass is 9.73. The summed E-state index contributed by atoms with van der Waals surface area (Å²) in [6, 6.07) is 23.0. The fraction of sp³-hybridized carbons (Fsp3) is 0.226. The van der Waals surface area contributed by atoms with Gasteiger partial charge < -0.3 is 4.74 Å². The van der Waals surface area contributed by atoms with E-state index in [1.165, 1.54) is 5.57 Å². The van der Waals surface area contributed by atoms with Crippen molar-refractivity contribution in [1.82, 2.24) is 5.01 Å². The summed E-state index contributed by atoms with van der Waals surface area (Å²) in [5.41, 5.74) is 5.17. The second-order valence-corrected chi connectivity index (χ2v) is 10.5. The van der Waals surface area contributed by atoms with Gasteiger partial charge in [-0.1, -0.05) is 66.5 Å². The van der Waals surface area contributed by atoms with Crippen LogP contribution in [0.25, 0.3) is 12.2 Å². The van der Waals surface area contributed by atoms with Crippen LogP contribution in [0.15, 0.2) is 89.5 Å². The summed E-state index contributed by atoms with van der Waals surface area (Å²) >= 11 is 12.3. The predicted molar refractivity (Wildman–Crippen MR) is 152 cm³/mol. The molecule has 37 heavy (non-hydrogen) atoms. The number of ether oxygens (including phenoxy) is 1. The van der Waals surface area contributed by atoms with E-state index in [-0.39, 0.29) is 17.9 Å². The van der Waals surface area contributed by atoms with Crippen molar-refractivity contribution in [3.05, 3.63) is 111 Å². The highest BCUT2D eigenvalue weighted by Gasteiger charge is 2.44. The van der Waals surface area contributed by atoms with E-state index in [0.29, 0.717) is 16.0 Å². The van der Waals surface area contributed by atoms with Gasteiger partial charge in [0.25, 0.3) is 5.91 Å². The summed E-state index contributed by atoms with van der Waals surface area (Å²) < 4.78 is 5.23. The standard InChI is InChI=1S/C31H28Cl2N2O2/c1-20-17-24(19-22-3-10-25(32)11-4-22)30-28(18-20)31(23-8-12-26(33)13-9-23)35(34-30)29(36)16-7-21-5-14-27(37-2)15-6-21/h3-16,19-20,28,31H,17-18H2,1-2H3/b16-7+,24-19+/t20-,28-,31-/m0/s1. The minimum Gasteiger partial charge on any atom is -0.497 e. The zero-order valence-corrected chi connectivity index (χ0v) is 22.3. The first-order valence-corrected chi connectivity index (χ1v) is 13.1. The molecule has 0 aromatic heterocycles. The van der Waals surface area contributed by atoms with Gasteiger partial charge in [0.15, 0.2) is 0 Å². The van der Waals surface area contributed by atoms with Gasteiger partial charge in [-0.3, -0.25) is 4.79 Å². The van der Waals surface area contributed by atoms with Crippen molar-refractivity contribution in [3.8, 4) is 5.75 Å². The molecule has 0 spiro atoms. The predicted octanol–water partition coefficient (Wildman–Crippen LogP) is 8.08. The Morgan fingerprint density at radius 1 is 0.946 bits per heavy atom. The Hall–Kier alpha value is -3.34. The third-order valence-corrected chi connectivity index (χ3v) is 7.45. The number of hydrazone groups is 1. The smallest absolute Gasteiger partial charge is 0.267 e. The molecular weight excluding hydrogens is 503 g/mol. The number of allylic oxidation sites excluding steroid dienone is 1. The van der Waals surface area contributed by atoms with Crippen molar-refractivity contribution in [2.75, 3.05) is 7.11 Å². The first-order chi connectivity index (χ1) is 17.9. The summed E-state index contributed by atoms with van der Waals surface area (Å²) in [5, 5.41) is 7.99. The Labute approximate surface area is 227 Å². The third kappa shape index (κ3) is 5.66. The number of hydrogen-bond donors (Lipinski definition) is 0. The van der Waals surface area contributed by atoms with Crippen molar-refractivity contribution in [3.63, 3.8) is 0 Å². The van der Waals surface area contributed by atoms with Crippen molar-refractivity contribution >= 4 is 47.0 Å². The topological polar surface area (TPSA) is 41.9 Å². The highest BCUT2D eigenvalue weighted by Crippen LogP contribution is 2.46. The molecule has 1 saturated carbocycles. The van der Waals surface area contributed by atoms with E-state index < -0.39 is 0 Å². The van der Waals surface area contributed by atoms with Crippen LogP contribution in [0.2, 0.25) is 10.0 Å². The Morgan fingerprint density at radius 3 is 2.22 bits per heavy atom. The van der Waals surface area contributed by atoms with Gasteiger partial charge in [0.05, 0.1) is 18.9 Å². The minimum absolute atomic E-state index is 0.0989. The van der Waals surface area contributed by atoms with Crippen LogP contribution in [0.1, 0.15) is 42.5 Å². The van der Waals surface area contributed by atoms with E-state index in [4.69, 9.17) is 33.0 Å². The molecule has 188 valence electrons. The van der Waals surface area contributed by atoms with Crippen LogP contribution in [-0.2, 0) is 4.79 Å². The van der Waals surface area contributed by atoms with Gasteiger partial charge in [-0.25, -0.2) is 5.01 Å². The number of carbonyl (C=O) groups excluding carboxylic acids is 1. The lowest BCUT2D eigenvalue weighted by Gasteiger charge is -2.32. The summed E-state index contributed by atoms with van der Waals surface area (Å²) in [7, 11) is 1.63. The van der Waals surface area contributed by atoms with Gasteiger partial charge in [-0.05, 0) is 89.6 Å². The van der Waals surface area contributed by atoms with Crippen LogP contribution < -0.4 is 4.74 Å². The van der Waals surface area contributed by atoms with Crippen LogP contribution in [0.3, 0.4) is 0 Å². The maximum atomic E-state index is 13.6. The molecule has 0 saturated heterocycles. The molecular formula is C31H28Cl2N2O2. The van der Waals surface area contributed by atoms with Gasteiger partial charge in [-0.2, -0.15) is 5.10 Å². The fourth-order valence-corrected chi connectivity index (χ4v) is 5.44. The molecule has 1 amide bonds. The monoisotopic (exact) mass is 530 g/mol. The molecule has 0 N–H and O–H groups in total. The molecule has 1 aliphatic carbocycles. The number of halogens is 2. The number of fused-ring (bicyclic) bond motifs is 1. The summed E-state index contributed by atoms with van der Waals surface area (Å²) in [5.74, 6) is 1.18.